The van der Waals surface area contributed by atoms with Gasteiger partial charge in [0.2, 0.25) is 11.8 Å². The van der Waals surface area contributed by atoms with Gasteiger partial charge in [0.05, 0.1) is 11.4 Å². The van der Waals surface area contributed by atoms with Crippen molar-refractivity contribution in [1.29, 1.82) is 0 Å². The van der Waals surface area contributed by atoms with Crippen molar-refractivity contribution in [3.05, 3.63) is 52.9 Å². The SMILES string of the molecule is CCc1nnc(CS(=O)(=O)Cc2csc(-c3ccc(F)cc3)n2)o1. The Hall–Kier alpha value is -2.13. The van der Waals surface area contributed by atoms with E-state index in [1.807, 2.05) is 6.92 Å². The largest absolute Gasteiger partial charge is 0.424 e. The van der Waals surface area contributed by atoms with Crippen LogP contribution in [0.4, 0.5) is 4.39 Å². The standard InChI is InChI=1S/C15H14FN3O3S2/c1-2-13-18-19-14(22-13)9-24(20,21)8-12-7-23-15(17-12)10-3-5-11(16)6-4-10/h3-7H,2,8-9H2,1H3. The van der Waals surface area contributed by atoms with Crippen molar-refractivity contribution in [3.8, 4) is 10.6 Å². The lowest BCUT2D eigenvalue weighted by molar-refractivity contribution is 0.465. The zero-order valence-corrected chi connectivity index (χ0v) is 14.4. The van der Waals surface area contributed by atoms with Gasteiger partial charge in [-0.15, -0.1) is 21.5 Å². The lowest BCUT2D eigenvalue weighted by atomic mass is 10.2. The Morgan fingerprint density at radius 1 is 1.12 bits per heavy atom. The Balaban J connectivity index is 1.72. The molecule has 126 valence electrons. The highest BCUT2D eigenvalue weighted by atomic mass is 32.2. The molecule has 6 nitrogen and oxygen atoms in total. The predicted octanol–water partition coefficient (Wildman–Crippen LogP) is 3.01. The van der Waals surface area contributed by atoms with E-state index in [0.717, 1.165) is 5.56 Å². The van der Waals surface area contributed by atoms with Crippen molar-refractivity contribution in [3.63, 3.8) is 0 Å². The van der Waals surface area contributed by atoms with Crippen LogP contribution in [0.3, 0.4) is 0 Å². The maximum Gasteiger partial charge on any atom is 0.231 e. The molecule has 0 spiro atoms. The third-order valence-electron chi connectivity index (χ3n) is 3.17. The second-order valence-electron chi connectivity index (χ2n) is 5.13. The second kappa shape index (κ2) is 6.78. The van der Waals surface area contributed by atoms with Crippen LogP contribution in [0.1, 0.15) is 24.4 Å². The summed E-state index contributed by atoms with van der Waals surface area (Å²) in [6, 6.07) is 5.90. The van der Waals surface area contributed by atoms with Gasteiger partial charge in [-0.05, 0) is 24.3 Å². The third-order valence-corrected chi connectivity index (χ3v) is 5.53. The van der Waals surface area contributed by atoms with Gasteiger partial charge in [0.1, 0.15) is 16.6 Å². The van der Waals surface area contributed by atoms with E-state index in [0.29, 0.717) is 23.0 Å². The number of hydrogen-bond acceptors (Lipinski definition) is 7. The van der Waals surface area contributed by atoms with Crippen molar-refractivity contribution in [1.82, 2.24) is 15.2 Å². The van der Waals surface area contributed by atoms with Crippen molar-refractivity contribution >= 4 is 21.2 Å². The molecule has 0 fully saturated rings. The maximum absolute atomic E-state index is 12.9. The van der Waals surface area contributed by atoms with E-state index >= 15 is 0 Å². The second-order valence-corrected chi connectivity index (χ2v) is 8.05. The minimum absolute atomic E-state index is 0.0841. The molecule has 0 radical (unpaired) electrons. The van der Waals surface area contributed by atoms with Crippen LogP contribution in [0.15, 0.2) is 34.1 Å². The molecule has 0 aliphatic rings. The minimum Gasteiger partial charge on any atom is -0.424 e. The van der Waals surface area contributed by atoms with E-state index in [1.54, 1.807) is 17.5 Å². The van der Waals surface area contributed by atoms with Crippen LogP contribution in [-0.2, 0) is 27.8 Å². The van der Waals surface area contributed by atoms with Gasteiger partial charge in [0.15, 0.2) is 9.84 Å². The van der Waals surface area contributed by atoms with Crippen LogP contribution in [0.5, 0.6) is 0 Å². The first kappa shape index (κ1) is 16.7. The summed E-state index contributed by atoms with van der Waals surface area (Å²) in [5.41, 5.74) is 1.18. The molecule has 0 N–H and O–H groups in total. The molecule has 0 saturated carbocycles. The molecule has 3 rings (SSSR count). The van der Waals surface area contributed by atoms with Crippen LogP contribution in [0, 0.1) is 5.82 Å². The number of nitrogens with zero attached hydrogens (tertiary/aromatic N) is 3. The summed E-state index contributed by atoms with van der Waals surface area (Å²) in [6.07, 6.45) is 0.556. The van der Waals surface area contributed by atoms with Gasteiger partial charge in [-0.1, -0.05) is 6.92 Å². The van der Waals surface area contributed by atoms with Crippen molar-refractivity contribution < 1.29 is 17.2 Å². The van der Waals surface area contributed by atoms with Crippen LogP contribution >= 0.6 is 11.3 Å². The van der Waals surface area contributed by atoms with Gasteiger partial charge in [0.25, 0.3) is 0 Å². The number of aromatic nitrogens is 3. The topological polar surface area (TPSA) is 86.0 Å². The van der Waals surface area contributed by atoms with E-state index in [1.165, 1.54) is 23.5 Å². The Morgan fingerprint density at radius 3 is 2.50 bits per heavy atom. The number of halogens is 1. The summed E-state index contributed by atoms with van der Waals surface area (Å²) in [5.74, 6) is -0.366. The molecule has 0 aliphatic heterocycles. The number of sulfone groups is 1. The number of hydrogen-bond donors (Lipinski definition) is 0. The quantitative estimate of drug-likeness (QED) is 0.666. The first-order valence-electron chi connectivity index (χ1n) is 7.17. The van der Waals surface area contributed by atoms with Crippen LogP contribution < -0.4 is 0 Å². The highest BCUT2D eigenvalue weighted by molar-refractivity contribution is 7.89. The molecule has 0 atom stereocenters. The molecule has 0 bridgehead atoms. The number of rotatable bonds is 6. The van der Waals surface area contributed by atoms with E-state index in [9.17, 15) is 12.8 Å². The molecule has 24 heavy (non-hydrogen) atoms. The van der Waals surface area contributed by atoms with Gasteiger partial charge in [-0.25, -0.2) is 17.8 Å². The number of thiazole rings is 1. The average molecular weight is 367 g/mol. The van der Waals surface area contributed by atoms with Crippen molar-refractivity contribution in [2.45, 2.75) is 24.9 Å². The highest BCUT2D eigenvalue weighted by Gasteiger charge is 2.19. The summed E-state index contributed by atoms with van der Waals surface area (Å²) in [6.45, 7) is 1.85. The molecule has 1 aromatic carbocycles. The Bertz CT molecular complexity index is 933. The van der Waals surface area contributed by atoms with E-state index in [4.69, 9.17) is 4.42 Å². The maximum atomic E-state index is 12.9. The molecule has 0 saturated heterocycles. The van der Waals surface area contributed by atoms with Crippen LogP contribution in [0.2, 0.25) is 0 Å². The molecule has 0 unspecified atom stereocenters. The first-order valence-corrected chi connectivity index (χ1v) is 9.87. The van der Waals surface area contributed by atoms with Gasteiger partial charge in [0, 0.05) is 17.4 Å². The lowest BCUT2D eigenvalue weighted by Crippen LogP contribution is -2.08. The third kappa shape index (κ3) is 4.04. The monoisotopic (exact) mass is 367 g/mol. The van der Waals surface area contributed by atoms with Gasteiger partial charge < -0.3 is 4.42 Å². The van der Waals surface area contributed by atoms with Gasteiger partial charge in [-0.2, -0.15) is 0 Å². The van der Waals surface area contributed by atoms with E-state index in [-0.39, 0.29) is 23.2 Å². The summed E-state index contributed by atoms with van der Waals surface area (Å²) >= 11 is 1.31. The lowest BCUT2D eigenvalue weighted by Gasteiger charge is -1.99. The summed E-state index contributed by atoms with van der Waals surface area (Å²) in [5, 5.41) is 9.80. The van der Waals surface area contributed by atoms with Crippen molar-refractivity contribution in [2.24, 2.45) is 0 Å². The number of benzene rings is 1. The molecule has 3 aromatic rings. The first-order chi connectivity index (χ1) is 11.4. The van der Waals surface area contributed by atoms with Crippen LogP contribution in [-0.4, -0.2) is 23.6 Å². The fourth-order valence-corrected chi connectivity index (χ4v) is 4.18. The normalized spacial score (nSPS) is 11.8. The Labute approximate surface area is 142 Å². The zero-order chi connectivity index (χ0) is 17.2. The molecule has 0 aliphatic carbocycles. The Morgan fingerprint density at radius 2 is 1.83 bits per heavy atom. The summed E-state index contributed by atoms with van der Waals surface area (Å²) < 4.78 is 42.7. The fraction of sp³-hybridized carbons (Fsp3) is 0.267. The molecule has 2 heterocycles. The van der Waals surface area contributed by atoms with Gasteiger partial charge in [-0.3, -0.25) is 0 Å². The number of aryl methyl sites for hydroxylation is 1. The molecule has 9 heteroatoms. The highest BCUT2D eigenvalue weighted by Crippen LogP contribution is 2.25. The average Bonchev–Trinajstić information content (AvgIpc) is 3.16. The molecular weight excluding hydrogens is 353 g/mol. The van der Waals surface area contributed by atoms with E-state index < -0.39 is 9.84 Å². The van der Waals surface area contributed by atoms with E-state index in [2.05, 4.69) is 15.2 Å². The summed E-state index contributed by atoms with van der Waals surface area (Å²) in [7, 11) is -3.47. The predicted molar refractivity (Wildman–Crippen MR) is 87.5 cm³/mol. The fourth-order valence-electron chi connectivity index (χ4n) is 2.05. The minimum atomic E-state index is -3.47. The van der Waals surface area contributed by atoms with Crippen LogP contribution in [0.25, 0.3) is 10.6 Å². The van der Waals surface area contributed by atoms with Gasteiger partial charge >= 0.3 is 0 Å². The Kier molecular flexibility index (Phi) is 4.72. The summed E-state index contributed by atoms with van der Waals surface area (Å²) in [4.78, 5) is 4.31. The smallest absolute Gasteiger partial charge is 0.231 e. The van der Waals surface area contributed by atoms with Crippen molar-refractivity contribution in [2.75, 3.05) is 0 Å². The molecule has 0 amide bonds. The zero-order valence-electron chi connectivity index (χ0n) is 12.8. The molecular formula is C15H14FN3O3S2. The molecule has 2 aromatic heterocycles.